The molecule has 10 heteroatoms. The zero-order chi connectivity index (χ0) is 37.0. The first-order valence-electron chi connectivity index (χ1n) is 21.7. The van der Waals surface area contributed by atoms with Crippen molar-refractivity contribution < 1.29 is 62.7 Å². The quantitative estimate of drug-likeness (QED) is 0.0564. The van der Waals surface area contributed by atoms with Gasteiger partial charge in [-0.25, -0.2) is 0 Å². The number of quaternary nitrogens is 2. The zero-order valence-corrected chi connectivity index (χ0v) is 38.0. The molecule has 0 heterocycles. The van der Waals surface area contributed by atoms with E-state index in [2.05, 4.69) is 38.6 Å². The Balaban J connectivity index is -0.0000120. The molecule has 2 amide bonds. The normalized spacial score (nSPS) is 13.4. The fourth-order valence-corrected chi connectivity index (χ4v) is 7.20. The average Bonchev–Trinajstić information content (AvgIpc) is 3.07. The third kappa shape index (κ3) is 36.7. The van der Waals surface area contributed by atoms with Crippen molar-refractivity contribution in [2.45, 2.75) is 181 Å². The van der Waals surface area contributed by atoms with Crippen LogP contribution in [0.25, 0.3) is 0 Å². The molecule has 314 valence electrons. The molecule has 0 aliphatic carbocycles. The Morgan fingerprint density at radius 3 is 0.923 bits per heavy atom. The predicted octanol–water partition coefficient (Wildman–Crippen LogP) is 2.29. The van der Waals surface area contributed by atoms with Crippen molar-refractivity contribution in [1.29, 1.82) is 0 Å². The summed E-state index contributed by atoms with van der Waals surface area (Å²) in [5, 5.41) is 25.6. The van der Waals surface area contributed by atoms with Gasteiger partial charge < -0.3 is 63.8 Å². The van der Waals surface area contributed by atoms with E-state index in [0.29, 0.717) is 35.1 Å². The Morgan fingerprint density at radius 1 is 0.404 bits per heavy atom. The molecule has 0 rings (SSSR count). The topological polar surface area (TPSA) is 98.7 Å². The van der Waals surface area contributed by atoms with Gasteiger partial charge in [-0.05, 0) is 38.5 Å². The maximum atomic E-state index is 12.7. The third-order valence-corrected chi connectivity index (χ3v) is 10.7. The van der Waals surface area contributed by atoms with E-state index in [1.54, 1.807) is 0 Å². The van der Waals surface area contributed by atoms with E-state index >= 15 is 0 Å². The lowest BCUT2D eigenvalue weighted by Crippen LogP contribution is -3.00. The van der Waals surface area contributed by atoms with Crippen LogP contribution in [0, 0.1) is 0 Å². The maximum absolute atomic E-state index is 12.7. The lowest BCUT2D eigenvalue weighted by Gasteiger charge is -2.33. The summed E-state index contributed by atoms with van der Waals surface area (Å²) in [5.41, 5.74) is 0. The summed E-state index contributed by atoms with van der Waals surface area (Å²) in [6.07, 6.45) is 32.6. The fourth-order valence-electron chi connectivity index (χ4n) is 7.20. The molecule has 0 spiro atoms. The van der Waals surface area contributed by atoms with Gasteiger partial charge in [0.25, 0.3) is 11.8 Å². The first kappa shape index (κ1) is 56.1. The van der Waals surface area contributed by atoms with Crippen LogP contribution in [0.5, 0.6) is 0 Å². The second-order valence-corrected chi connectivity index (χ2v) is 16.1. The highest BCUT2D eigenvalue weighted by Gasteiger charge is 2.25. The van der Waals surface area contributed by atoms with E-state index in [0.717, 1.165) is 77.5 Å². The molecule has 0 aromatic rings. The van der Waals surface area contributed by atoms with Gasteiger partial charge in [0.2, 0.25) is 0 Å². The molecule has 4 N–H and O–H groups in total. The number of halogens is 2. The van der Waals surface area contributed by atoms with Crippen LogP contribution in [0.2, 0.25) is 0 Å². The smallest absolute Gasteiger partial charge is 0.275 e. The van der Waals surface area contributed by atoms with Crippen molar-refractivity contribution in [3.8, 4) is 0 Å². The van der Waals surface area contributed by atoms with Gasteiger partial charge in [0.1, 0.15) is 13.1 Å². The Morgan fingerprint density at radius 2 is 0.654 bits per heavy atom. The van der Waals surface area contributed by atoms with Gasteiger partial charge in [-0.1, -0.05) is 142 Å². The number of carbonyl (C=O) groups is 2. The minimum Gasteiger partial charge on any atom is -1.00 e. The number of hydrogen-bond donors (Lipinski definition) is 4. The van der Waals surface area contributed by atoms with Gasteiger partial charge in [0, 0.05) is 13.1 Å². The highest BCUT2D eigenvalue weighted by atomic mass is 79.9. The summed E-state index contributed by atoms with van der Waals surface area (Å²) in [4.78, 5) is 25.4. The van der Waals surface area contributed by atoms with E-state index in [1.807, 2.05) is 0 Å². The number of amides is 2. The molecular formula is C42H88Br2N4O4. The number of nitrogens with zero attached hydrogens (tertiary/aromatic N) is 2. The van der Waals surface area contributed by atoms with E-state index in [9.17, 15) is 19.8 Å². The molecule has 0 radical (unpaired) electrons. The van der Waals surface area contributed by atoms with Crippen LogP contribution in [0.3, 0.4) is 0 Å². The van der Waals surface area contributed by atoms with Crippen LogP contribution in [-0.4, -0.2) is 111 Å². The largest absolute Gasteiger partial charge is 1.00 e. The number of aliphatic hydroxyl groups is 2. The van der Waals surface area contributed by atoms with Gasteiger partial charge in [0.15, 0.2) is 13.1 Å². The molecule has 2 unspecified atom stereocenters. The number of unbranched alkanes of at least 4 members (excludes halogenated alkanes) is 23. The number of rotatable bonds is 39. The van der Waals surface area contributed by atoms with E-state index in [-0.39, 0.29) is 59.0 Å². The maximum Gasteiger partial charge on any atom is 0.275 e. The van der Waals surface area contributed by atoms with Gasteiger partial charge in [-0.15, -0.1) is 0 Å². The molecule has 0 saturated carbocycles. The summed E-state index contributed by atoms with van der Waals surface area (Å²) in [6, 6.07) is 0. The Bertz CT molecular complexity index is 720. The molecule has 0 saturated heterocycles. The molecule has 2 atom stereocenters. The highest BCUT2D eigenvalue weighted by molar-refractivity contribution is 5.77. The van der Waals surface area contributed by atoms with Crippen molar-refractivity contribution >= 4 is 11.8 Å². The van der Waals surface area contributed by atoms with Crippen molar-refractivity contribution in [3.63, 3.8) is 0 Å². The lowest BCUT2D eigenvalue weighted by molar-refractivity contribution is -0.902. The molecule has 0 aromatic heterocycles. The minimum atomic E-state index is 0. The number of carbonyl (C=O) groups excluding carboxylic acids is 2. The molecule has 0 aromatic carbocycles. The second-order valence-electron chi connectivity index (χ2n) is 16.1. The SMILES string of the molecule is CCCCCCCCCCCCNC(=O)C[N+](C)(CCO)CCCCCCCC[N+](C)(CCO)CC(=O)NCCCCCCCCCCCC.[Br-].[Br-]. The van der Waals surface area contributed by atoms with E-state index in [1.165, 1.54) is 116 Å². The first-order valence-corrected chi connectivity index (χ1v) is 21.7. The third-order valence-electron chi connectivity index (χ3n) is 10.7. The molecule has 0 aliphatic rings. The lowest BCUT2D eigenvalue weighted by atomic mass is 10.1. The van der Waals surface area contributed by atoms with Crippen molar-refractivity contribution in [1.82, 2.24) is 10.6 Å². The van der Waals surface area contributed by atoms with Crippen molar-refractivity contribution in [3.05, 3.63) is 0 Å². The Hall–Kier alpha value is -0.260. The number of likely N-dealkylation sites (N-methyl/N-ethyl adjacent to an activating group) is 2. The van der Waals surface area contributed by atoms with E-state index in [4.69, 9.17) is 0 Å². The monoisotopic (exact) mass is 871 g/mol. The number of hydrogen-bond acceptors (Lipinski definition) is 4. The summed E-state index contributed by atoms with van der Waals surface area (Å²) in [7, 11) is 4.20. The Kier molecular flexibility index (Phi) is 43.6. The summed E-state index contributed by atoms with van der Waals surface area (Å²) >= 11 is 0. The molecule has 0 aliphatic heterocycles. The van der Waals surface area contributed by atoms with E-state index < -0.39 is 0 Å². The van der Waals surface area contributed by atoms with Gasteiger partial charge in [-0.2, -0.15) is 0 Å². The van der Waals surface area contributed by atoms with Crippen LogP contribution < -0.4 is 44.6 Å². The number of aliphatic hydroxyl groups excluding tert-OH is 2. The summed E-state index contributed by atoms with van der Waals surface area (Å²) in [5.74, 6) is 0.210. The molecule has 0 bridgehead atoms. The number of nitrogens with one attached hydrogen (secondary N) is 2. The van der Waals surface area contributed by atoms with Crippen LogP contribution in [0.1, 0.15) is 181 Å². The van der Waals surface area contributed by atoms with Gasteiger partial charge in [-0.3, -0.25) is 9.59 Å². The van der Waals surface area contributed by atoms with Crippen molar-refractivity contribution in [2.75, 3.05) is 79.7 Å². The van der Waals surface area contributed by atoms with Crippen LogP contribution in [0.15, 0.2) is 0 Å². The minimum absolute atomic E-state index is 0. The van der Waals surface area contributed by atoms with Crippen LogP contribution >= 0.6 is 0 Å². The van der Waals surface area contributed by atoms with Gasteiger partial charge in [0.05, 0.1) is 40.4 Å². The predicted molar refractivity (Wildman–Crippen MR) is 213 cm³/mol. The standard InChI is InChI=1S/C42H86N4O4.2BrH/c1-5-7-9-11-13-15-17-19-23-27-31-43-41(49)39-45(3,35-37-47)33-29-25-21-22-26-30-34-46(4,36-38-48)40-42(50)44-32-28-24-20-18-16-14-12-10-8-6-2;;/h47-48H,5-40H2,1-4H3;2*1H. The molecule has 52 heavy (non-hydrogen) atoms. The average molecular weight is 873 g/mol. The van der Waals surface area contributed by atoms with Crippen molar-refractivity contribution in [2.24, 2.45) is 0 Å². The molecule has 0 fully saturated rings. The zero-order valence-electron chi connectivity index (χ0n) is 34.8. The second kappa shape index (κ2) is 40.4. The fraction of sp³-hybridized carbons (Fsp3) is 0.952. The van der Waals surface area contributed by atoms with Gasteiger partial charge >= 0.3 is 0 Å². The van der Waals surface area contributed by atoms with Crippen LogP contribution in [0.4, 0.5) is 0 Å². The summed E-state index contributed by atoms with van der Waals surface area (Å²) < 4.78 is 1.19. The molecule has 8 nitrogen and oxygen atoms in total. The summed E-state index contributed by atoms with van der Waals surface area (Å²) in [6.45, 7) is 10.2. The molecular weight excluding hydrogens is 784 g/mol. The Labute approximate surface area is 344 Å². The first-order chi connectivity index (χ1) is 24.2. The highest BCUT2D eigenvalue weighted by Crippen LogP contribution is 2.14. The van der Waals surface area contributed by atoms with Crippen LogP contribution in [-0.2, 0) is 9.59 Å².